The van der Waals surface area contributed by atoms with E-state index >= 15 is 0 Å². The number of carboxylic acids is 1. The Morgan fingerprint density at radius 3 is 2.29 bits per heavy atom. The van der Waals surface area contributed by atoms with Gasteiger partial charge >= 0.3 is 12.1 Å². The quantitative estimate of drug-likeness (QED) is 0.622. The summed E-state index contributed by atoms with van der Waals surface area (Å²) in [4.78, 5) is 40.6. The van der Waals surface area contributed by atoms with Gasteiger partial charge in [-0.05, 0) is 49.2 Å². The summed E-state index contributed by atoms with van der Waals surface area (Å²) in [5.74, 6) is -1.27. The summed E-state index contributed by atoms with van der Waals surface area (Å²) in [6.45, 7) is 0.945. The number of hydrogen-bond acceptors (Lipinski definition) is 5. The van der Waals surface area contributed by atoms with Crippen molar-refractivity contribution in [3.8, 4) is 11.1 Å². The number of ether oxygens (including phenoxy) is 1. The fraction of sp³-hybridized carbons (Fsp3) is 0.423. The zero-order valence-electron chi connectivity index (χ0n) is 19.6. The van der Waals surface area contributed by atoms with Crippen LogP contribution in [0.5, 0.6) is 0 Å². The molecule has 0 bridgehead atoms. The highest BCUT2D eigenvalue weighted by Gasteiger charge is 2.36. The van der Waals surface area contributed by atoms with Crippen LogP contribution in [0.15, 0.2) is 48.5 Å². The highest BCUT2D eigenvalue weighted by Crippen LogP contribution is 2.44. The number of nitrogens with zero attached hydrogens (tertiary/aromatic N) is 2. The number of fused-ring (bicyclic) bond motifs is 3. The molecular weight excluding hydrogens is 434 g/mol. The number of alkyl carbamates (subject to hydrolysis) is 1. The monoisotopic (exact) mass is 465 g/mol. The van der Waals surface area contributed by atoms with Crippen LogP contribution in [0.4, 0.5) is 4.79 Å². The second-order valence-electron chi connectivity index (χ2n) is 9.21. The van der Waals surface area contributed by atoms with E-state index in [-0.39, 0.29) is 30.9 Å². The third-order valence-electron chi connectivity index (χ3n) is 6.55. The molecule has 2 aromatic carbocycles. The molecular formula is C26H31N3O5. The average Bonchev–Trinajstić information content (AvgIpc) is 3.38. The fourth-order valence-electron chi connectivity index (χ4n) is 5.07. The summed E-state index contributed by atoms with van der Waals surface area (Å²) in [7, 11) is 3.64. The molecule has 4 rings (SSSR count). The first-order chi connectivity index (χ1) is 16.3. The number of rotatable bonds is 8. The number of benzene rings is 2. The van der Waals surface area contributed by atoms with Crippen molar-refractivity contribution in [1.82, 2.24) is 15.1 Å². The number of nitrogens with one attached hydrogen (secondary N) is 1. The Morgan fingerprint density at radius 2 is 1.71 bits per heavy atom. The van der Waals surface area contributed by atoms with E-state index in [0.717, 1.165) is 28.7 Å². The van der Waals surface area contributed by atoms with Crippen LogP contribution in [0.2, 0.25) is 0 Å². The van der Waals surface area contributed by atoms with Gasteiger partial charge in [0.2, 0.25) is 5.91 Å². The Kier molecular flexibility index (Phi) is 7.17. The Morgan fingerprint density at radius 1 is 1.09 bits per heavy atom. The van der Waals surface area contributed by atoms with Crippen molar-refractivity contribution in [1.29, 1.82) is 0 Å². The molecule has 2 aliphatic rings. The molecule has 34 heavy (non-hydrogen) atoms. The molecule has 0 aromatic heterocycles. The molecule has 2 aromatic rings. The zero-order valence-corrected chi connectivity index (χ0v) is 19.6. The number of hydrogen-bond donors (Lipinski definition) is 2. The second kappa shape index (κ2) is 10.3. The number of likely N-dealkylation sites (N-methyl/N-ethyl adjacent to an activating group) is 1. The molecule has 1 heterocycles. The number of aliphatic carboxylic acids is 1. The minimum absolute atomic E-state index is 0.0697. The van der Waals surface area contributed by atoms with Gasteiger partial charge in [-0.2, -0.15) is 0 Å². The van der Waals surface area contributed by atoms with Gasteiger partial charge in [-0.15, -0.1) is 0 Å². The van der Waals surface area contributed by atoms with Gasteiger partial charge in [-0.1, -0.05) is 48.5 Å². The number of carbonyl (C=O) groups is 3. The topological polar surface area (TPSA) is 99.2 Å². The van der Waals surface area contributed by atoms with Crippen LogP contribution in [0.25, 0.3) is 11.1 Å². The highest BCUT2D eigenvalue weighted by atomic mass is 16.5. The number of carboxylic acid groups (broad SMARTS) is 1. The summed E-state index contributed by atoms with van der Waals surface area (Å²) in [6, 6.07) is 15.0. The summed E-state index contributed by atoms with van der Waals surface area (Å²) >= 11 is 0. The van der Waals surface area contributed by atoms with Gasteiger partial charge < -0.3 is 25.0 Å². The van der Waals surface area contributed by atoms with E-state index in [1.165, 1.54) is 0 Å². The normalized spacial score (nSPS) is 17.9. The molecule has 1 aliphatic carbocycles. The molecule has 180 valence electrons. The Hall–Kier alpha value is -3.39. The molecule has 1 unspecified atom stereocenters. The lowest BCUT2D eigenvalue weighted by Gasteiger charge is -2.30. The molecule has 1 fully saturated rings. The molecule has 2 atom stereocenters. The first-order valence-electron chi connectivity index (χ1n) is 11.6. The predicted octanol–water partition coefficient (Wildman–Crippen LogP) is 2.92. The molecule has 0 spiro atoms. The molecule has 1 saturated heterocycles. The van der Waals surface area contributed by atoms with E-state index < -0.39 is 18.1 Å². The third kappa shape index (κ3) is 5.07. The minimum atomic E-state index is -0.932. The van der Waals surface area contributed by atoms with Crippen LogP contribution in [0, 0.1) is 0 Å². The maximum absolute atomic E-state index is 13.2. The van der Waals surface area contributed by atoms with E-state index in [1.54, 1.807) is 4.90 Å². The molecule has 8 heteroatoms. The second-order valence-corrected chi connectivity index (χ2v) is 9.21. The van der Waals surface area contributed by atoms with E-state index in [4.69, 9.17) is 4.74 Å². The molecule has 1 aliphatic heterocycles. The Labute approximate surface area is 199 Å². The van der Waals surface area contributed by atoms with Gasteiger partial charge in [-0.25, -0.2) is 4.79 Å². The maximum atomic E-state index is 13.2. The van der Waals surface area contributed by atoms with Crippen molar-refractivity contribution in [2.24, 2.45) is 0 Å². The minimum Gasteiger partial charge on any atom is -0.481 e. The summed E-state index contributed by atoms with van der Waals surface area (Å²) in [6.07, 6.45) is 0.655. The van der Waals surface area contributed by atoms with Crippen molar-refractivity contribution in [2.75, 3.05) is 33.8 Å². The smallest absolute Gasteiger partial charge is 0.407 e. The van der Waals surface area contributed by atoms with Crippen LogP contribution in [-0.2, 0) is 14.3 Å². The van der Waals surface area contributed by atoms with Gasteiger partial charge in [0.05, 0.1) is 6.42 Å². The molecule has 0 radical (unpaired) electrons. The van der Waals surface area contributed by atoms with E-state index in [9.17, 15) is 19.5 Å². The predicted molar refractivity (Wildman–Crippen MR) is 128 cm³/mol. The summed E-state index contributed by atoms with van der Waals surface area (Å²) in [5.41, 5.74) is 4.52. The van der Waals surface area contributed by atoms with Crippen molar-refractivity contribution in [2.45, 2.75) is 37.3 Å². The first kappa shape index (κ1) is 23.8. The number of likely N-dealkylation sites (tertiary alicyclic amines) is 1. The van der Waals surface area contributed by atoms with Gasteiger partial charge in [0.25, 0.3) is 0 Å². The van der Waals surface area contributed by atoms with Gasteiger partial charge in [0, 0.05) is 25.0 Å². The average molecular weight is 466 g/mol. The van der Waals surface area contributed by atoms with Crippen molar-refractivity contribution < 1.29 is 24.2 Å². The SMILES string of the molecule is CN(C)CC(NC(=O)OCC1c2ccccc2-c2ccccc21)C(=O)N1CCC[C@@H]1CC(=O)O. The molecule has 0 saturated carbocycles. The number of carbonyl (C=O) groups excluding carboxylic acids is 2. The van der Waals surface area contributed by atoms with Gasteiger partial charge in [0.15, 0.2) is 0 Å². The molecule has 8 nitrogen and oxygen atoms in total. The van der Waals surface area contributed by atoms with Gasteiger partial charge in [-0.3, -0.25) is 9.59 Å². The maximum Gasteiger partial charge on any atom is 0.407 e. The van der Waals surface area contributed by atoms with E-state index in [1.807, 2.05) is 43.3 Å². The van der Waals surface area contributed by atoms with Crippen molar-refractivity contribution in [3.63, 3.8) is 0 Å². The van der Waals surface area contributed by atoms with Crippen LogP contribution in [0.3, 0.4) is 0 Å². The highest BCUT2D eigenvalue weighted by molar-refractivity contribution is 5.87. The molecule has 2 N–H and O–H groups in total. The van der Waals surface area contributed by atoms with Crippen LogP contribution < -0.4 is 5.32 Å². The van der Waals surface area contributed by atoms with Gasteiger partial charge in [0.1, 0.15) is 12.6 Å². The summed E-state index contributed by atoms with van der Waals surface area (Å²) in [5, 5.41) is 11.9. The fourth-order valence-corrected chi connectivity index (χ4v) is 5.07. The van der Waals surface area contributed by atoms with Crippen LogP contribution >= 0.6 is 0 Å². The lowest BCUT2D eigenvalue weighted by atomic mass is 9.98. The van der Waals surface area contributed by atoms with E-state index in [0.29, 0.717) is 19.5 Å². The third-order valence-corrected chi connectivity index (χ3v) is 6.55. The zero-order chi connectivity index (χ0) is 24.2. The summed E-state index contributed by atoms with van der Waals surface area (Å²) < 4.78 is 5.62. The lowest BCUT2D eigenvalue weighted by Crippen LogP contribution is -2.54. The standard InChI is InChI=1S/C26H31N3O5/c1-28(2)15-23(25(32)29-13-7-8-17(29)14-24(30)31)27-26(33)34-16-22-20-11-5-3-9-18(20)19-10-4-6-12-21(19)22/h3-6,9-12,17,22-23H,7-8,13-16H2,1-2H3,(H,27,33)(H,30,31)/t17-,23?/m1/s1. The van der Waals surface area contributed by atoms with Crippen molar-refractivity contribution >= 4 is 18.0 Å². The first-order valence-corrected chi connectivity index (χ1v) is 11.6. The Bertz CT molecular complexity index is 1020. The number of amides is 2. The largest absolute Gasteiger partial charge is 0.481 e. The Balaban J connectivity index is 1.43. The molecule has 2 amide bonds. The van der Waals surface area contributed by atoms with Crippen molar-refractivity contribution in [3.05, 3.63) is 59.7 Å². The van der Waals surface area contributed by atoms with E-state index in [2.05, 4.69) is 29.6 Å². The van der Waals surface area contributed by atoms with Crippen LogP contribution in [0.1, 0.15) is 36.3 Å². The van der Waals surface area contributed by atoms with Crippen LogP contribution in [-0.4, -0.2) is 78.8 Å². The lowest BCUT2D eigenvalue weighted by molar-refractivity contribution is -0.140.